The molecular weight excluding hydrogens is 490 g/mol. The Hall–Kier alpha value is -4.56. The Bertz CT molecular complexity index is 1630. The number of imidazole rings is 1. The smallest absolute Gasteiger partial charge is 0.269 e. The van der Waals surface area contributed by atoms with Crippen molar-refractivity contribution in [2.24, 2.45) is 7.05 Å². The van der Waals surface area contributed by atoms with E-state index >= 15 is 0 Å². The fraction of sp³-hybridized carbons (Fsp3) is 0.107. The second kappa shape index (κ2) is 10.2. The summed E-state index contributed by atoms with van der Waals surface area (Å²) in [7, 11) is 5.14. The Balaban J connectivity index is 0.00000210. The van der Waals surface area contributed by atoms with E-state index in [1.54, 1.807) is 26.3 Å². The standard InChI is InChI=1S/C28H24ClN5O3.2H2/c1-30-27(35)25-16-21(11-12-31-25)37-20-8-10-26-24(15-20)33-28(34(26)2)32-18-7-9-23(29)22(14-18)17-5-4-6-19(13-17)36-3;;/h4-16H,1-3H3,(H,30,35)(H,32,33);2*1H. The van der Waals surface area contributed by atoms with Gasteiger partial charge >= 0.3 is 0 Å². The number of carbonyl (C=O) groups excluding carboxylic acids is 1. The number of halogens is 1. The first kappa shape index (κ1) is 24.1. The van der Waals surface area contributed by atoms with E-state index in [4.69, 9.17) is 26.1 Å². The molecule has 0 aliphatic heterocycles. The van der Waals surface area contributed by atoms with E-state index < -0.39 is 0 Å². The summed E-state index contributed by atoms with van der Waals surface area (Å²) < 4.78 is 13.3. The maximum Gasteiger partial charge on any atom is 0.269 e. The van der Waals surface area contributed by atoms with Gasteiger partial charge in [0.25, 0.3) is 5.91 Å². The van der Waals surface area contributed by atoms with Crippen LogP contribution in [0.4, 0.5) is 11.6 Å². The number of amides is 1. The van der Waals surface area contributed by atoms with E-state index in [-0.39, 0.29) is 14.5 Å². The van der Waals surface area contributed by atoms with Crippen molar-refractivity contribution < 1.29 is 17.1 Å². The molecule has 0 spiro atoms. The predicted molar refractivity (Wildman–Crippen MR) is 149 cm³/mol. The average molecular weight is 518 g/mol. The lowest BCUT2D eigenvalue weighted by atomic mass is 10.0. The number of fused-ring (bicyclic) bond motifs is 1. The highest BCUT2D eigenvalue weighted by Crippen LogP contribution is 2.34. The van der Waals surface area contributed by atoms with Crippen LogP contribution in [0.5, 0.6) is 17.2 Å². The number of aryl methyl sites for hydroxylation is 1. The van der Waals surface area contributed by atoms with Crippen LogP contribution in [0.2, 0.25) is 5.02 Å². The number of pyridine rings is 1. The van der Waals surface area contributed by atoms with E-state index in [1.165, 1.54) is 6.20 Å². The second-order valence-corrected chi connectivity index (χ2v) is 8.66. The van der Waals surface area contributed by atoms with E-state index in [2.05, 4.69) is 15.6 Å². The predicted octanol–water partition coefficient (Wildman–Crippen LogP) is 6.68. The van der Waals surface area contributed by atoms with Crippen LogP contribution in [0.3, 0.4) is 0 Å². The first-order valence-corrected chi connectivity index (χ1v) is 11.9. The van der Waals surface area contributed by atoms with Crippen LogP contribution in [0.15, 0.2) is 79.0 Å². The molecule has 2 N–H and O–H groups in total. The van der Waals surface area contributed by atoms with Gasteiger partial charge in [-0.25, -0.2) is 4.98 Å². The average Bonchev–Trinajstić information content (AvgIpc) is 3.23. The molecule has 5 aromatic rings. The molecule has 0 atom stereocenters. The quantitative estimate of drug-likeness (QED) is 0.250. The van der Waals surface area contributed by atoms with Crippen LogP contribution in [0.25, 0.3) is 22.2 Å². The number of carbonyl (C=O) groups is 1. The molecule has 0 saturated heterocycles. The van der Waals surface area contributed by atoms with Gasteiger partial charge in [-0.1, -0.05) is 23.7 Å². The first-order chi connectivity index (χ1) is 17.9. The monoisotopic (exact) mass is 517 g/mol. The van der Waals surface area contributed by atoms with E-state index in [0.717, 1.165) is 33.6 Å². The normalized spacial score (nSPS) is 10.8. The molecule has 0 unspecified atom stereocenters. The summed E-state index contributed by atoms with van der Waals surface area (Å²) in [5.74, 6) is 2.25. The highest BCUT2D eigenvalue weighted by Gasteiger charge is 2.13. The van der Waals surface area contributed by atoms with Gasteiger partial charge in [0.2, 0.25) is 5.95 Å². The van der Waals surface area contributed by atoms with Crippen LogP contribution in [-0.2, 0) is 7.05 Å². The third-order valence-corrected chi connectivity index (χ3v) is 6.21. The van der Waals surface area contributed by atoms with Gasteiger partial charge in [-0.3, -0.25) is 9.78 Å². The molecule has 3 aromatic carbocycles. The number of anilines is 2. The molecule has 5 rings (SSSR count). The molecule has 2 aromatic heterocycles. The van der Waals surface area contributed by atoms with Crippen molar-refractivity contribution in [3.05, 3.63) is 89.7 Å². The third-order valence-electron chi connectivity index (χ3n) is 5.88. The summed E-state index contributed by atoms with van der Waals surface area (Å²) in [6, 6.07) is 22.5. The zero-order valence-corrected chi connectivity index (χ0v) is 21.2. The van der Waals surface area contributed by atoms with Gasteiger partial charge < -0.3 is 24.7 Å². The minimum atomic E-state index is -0.280. The van der Waals surface area contributed by atoms with Gasteiger partial charge in [-0.2, -0.15) is 0 Å². The number of hydrogen-bond donors (Lipinski definition) is 2. The number of benzene rings is 3. The molecule has 190 valence electrons. The summed E-state index contributed by atoms with van der Waals surface area (Å²) in [5.41, 5.74) is 4.64. The van der Waals surface area contributed by atoms with Crippen molar-refractivity contribution in [3.63, 3.8) is 0 Å². The number of hydrogen-bond acceptors (Lipinski definition) is 6. The summed E-state index contributed by atoms with van der Waals surface area (Å²) in [5, 5.41) is 6.59. The molecule has 0 aliphatic rings. The Morgan fingerprint density at radius 1 is 1.00 bits per heavy atom. The maximum absolute atomic E-state index is 11.9. The van der Waals surface area contributed by atoms with Crippen LogP contribution < -0.4 is 20.1 Å². The van der Waals surface area contributed by atoms with Crippen LogP contribution >= 0.6 is 11.6 Å². The number of methoxy groups -OCH3 is 1. The Morgan fingerprint density at radius 2 is 1.84 bits per heavy atom. The minimum Gasteiger partial charge on any atom is -0.497 e. The van der Waals surface area contributed by atoms with Crippen LogP contribution in [-0.4, -0.2) is 34.6 Å². The van der Waals surface area contributed by atoms with Crippen molar-refractivity contribution in [1.29, 1.82) is 0 Å². The summed E-state index contributed by atoms with van der Waals surface area (Å²) in [4.78, 5) is 20.7. The van der Waals surface area contributed by atoms with Gasteiger partial charge in [0.1, 0.15) is 22.9 Å². The van der Waals surface area contributed by atoms with Gasteiger partial charge in [-0.05, 0) is 54.1 Å². The molecule has 2 heterocycles. The van der Waals surface area contributed by atoms with Gasteiger partial charge in [-0.15, -0.1) is 0 Å². The minimum absolute atomic E-state index is 0. The van der Waals surface area contributed by atoms with Crippen molar-refractivity contribution in [2.75, 3.05) is 19.5 Å². The lowest BCUT2D eigenvalue weighted by Gasteiger charge is -2.11. The third kappa shape index (κ3) is 5.05. The topological polar surface area (TPSA) is 90.3 Å². The van der Waals surface area contributed by atoms with Crippen molar-refractivity contribution >= 4 is 40.2 Å². The lowest BCUT2D eigenvalue weighted by molar-refractivity contribution is 0.0958. The van der Waals surface area contributed by atoms with Gasteiger partial charge in [0, 0.05) is 51.6 Å². The number of rotatable bonds is 7. The first-order valence-electron chi connectivity index (χ1n) is 11.5. The second-order valence-electron chi connectivity index (χ2n) is 8.25. The van der Waals surface area contributed by atoms with Crippen LogP contribution in [0, 0.1) is 0 Å². The number of nitrogens with zero attached hydrogens (tertiary/aromatic N) is 3. The fourth-order valence-electron chi connectivity index (χ4n) is 3.96. The molecule has 0 fully saturated rings. The van der Waals surface area contributed by atoms with Gasteiger partial charge in [0.05, 0.1) is 18.1 Å². The largest absolute Gasteiger partial charge is 0.497 e. The number of ether oxygens (including phenoxy) is 2. The molecule has 9 heteroatoms. The van der Waals surface area contributed by atoms with Gasteiger partial charge in [0.15, 0.2) is 0 Å². The summed E-state index contributed by atoms with van der Waals surface area (Å²) in [6.45, 7) is 0. The molecule has 0 aliphatic carbocycles. The molecule has 37 heavy (non-hydrogen) atoms. The summed E-state index contributed by atoms with van der Waals surface area (Å²) >= 11 is 6.51. The molecule has 0 saturated carbocycles. The van der Waals surface area contributed by atoms with E-state index in [9.17, 15) is 4.79 Å². The lowest BCUT2D eigenvalue weighted by Crippen LogP contribution is -2.18. The van der Waals surface area contributed by atoms with Crippen molar-refractivity contribution in [1.82, 2.24) is 19.9 Å². The molecule has 8 nitrogen and oxygen atoms in total. The fourth-order valence-corrected chi connectivity index (χ4v) is 4.19. The highest BCUT2D eigenvalue weighted by atomic mass is 35.5. The Morgan fingerprint density at radius 3 is 2.65 bits per heavy atom. The zero-order valence-electron chi connectivity index (χ0n) is 20.4. The van der Waals surface area contributed by atoms with Crippen LogP contribution in [0.1, 0.15) is 13.3 Å². The van der Waals surface area contributed by atoms with E-state index in [1.807, 2.05) is 72.3 Å². The van der Waals surface area contributed by atoms with Crippen molar-refractivity contribution in [3.8, 4) is 28.4 Å². The molecule has 1 amide bonds. The summed E-state index contributed by atoms with van der Waals surface area (Å²) in [6.07, 6.45) is 1.53. The SMILES string of the molecule is CNC(=O)c1cc(Oc2ccc3c(c2)nc(Nc2ccc(Cl)c(-c4cccc(OC)c4)c2)n3C)ccn1.[HH].[HH]. The maximum atomic E-state index is 11.9. The molecular formula is C28H28ClN5O3. The van der Waals surface area contributed by atoms with E-state index in [0.29, 0.717) is 22.5 Å². The Kier molecular flexibility index (Phi) is 6.66. The molecule has 0 radical (unpaired) electrons. The van der Waals surface area contributed by atoms with Crippen molar-refractivity contribution in [2.45, 2.75) is 0 Å². The highest BCUT2D eigenvalue weighted by molar-refractivity contribution is 6.33. The Labute approximate surface area is 221 Å². The number of nitrogens with one attached hydrogen (secondary N) is 2. The molecule has 0 bridgehead atoms. The zero-order chi connectivity index (χ0) is 25.9. The number of aromatic nitrogens is 3.